The molecule has 0 bridgehead atoms. The van der Waals surface area contributed by atoms with Crippen molar-refractivity contribution in [1.29, 1.82) is 0 Å². The summed E-state index contributed by atoms with van der Waals surface area (Å²) in [6.45, 7) is 8.82. The zero-order chi connectivity index (χ0) is 9.64. The van der Waals surface area contributed by atoms with Crippen LogP contribution in [-0.2, 0) is 5.41 Å². The van der Waals surface area contributed by atoms with Crippen molar-refractivity contribution in [2.24, 2.45) is 0 Å². The third-order valence-corrected chi connectivity index (χ3v) is 2.55. The zero-order valence-electron chi connectivity index (χ0n) is 8.96. The second-order valence-corrected chi connectivity index (χ2v) is 5.12. The Kier molecular flexibility index (Phi) is 1.76. The fourth-order valence-corrected chi connectivity index (χ4v) is 1.75. The van der Waals surface area contributed by atoms with Gasteiger partial charge < -0.3 is 0 Å². The van der Waals surface area contributed by atoms with E-state index < -0.39 is 0 Å². The van der Waals surface area contributed by atoms with Crippen LogP contribution in [0.3, 0.4) is 0 Å². The van der Waals surface area contributed by atoms with E-state index in [0.717, 1.165) is 0 Å². The van der Waals surface area contributed by atoms with E-state index in [0.29, 0.717) is 6.04 Å². The first-order chi connectivity index (χ1) is 5.98. The third kappa shape index (κ3) is 1.62. The van der Waals surface area contributed by atoms with Crippen molar-refractivity contribution in [3.63, 3.8) is 0 Å². The van der Waals surface area contributed by atoms with Gasteiger partial charge in [0, 0.05) is 11.6 Å². The molecule has 0 N–H and O–H groups in total. The van der Waals surface area contributed by atoms with E-state index in [1.807, 2.05) is 0 Å². The van der Waals surface area contributed by atoms with E-state index in [2.05, 4.69) is 43.7 Å². The second-order valence-electron chi connectivity index (χ2n) is 5.12. The number of nitrogens with zero attached hydrogens (tertiary/aromatic N) is 2. The Bertz CT molecular complexity index is 313. The van der Waals surface area contributed by atoms with Gasteiger partial charge in [0.25, 0.3) is 0 Å². The quantitative estimate of drug-likeness (QED) is 0.646. The lowest BCUT2D eigenvalue weighted by Crippen LogP contribution is -2.14. The van der Waals surface area contributed by atoms with E-state index in [4.69, 9.17) is 0 Å². The molecule has 72 valence electrons. The third-order valence-electron chi connectivity index (χ3n) is 2.55. The molecule has 0 radical (unpaired) electrons. The molecule has 0 spiro atoms. The molecule has 0 saturated heterocycles. The minimum atomic E-state index is 0.185. The van der Waals surface area contributed by atoms with Crippen LogP contribution < -0.4 is 0 Å². The average Bonchev–Trinajstić information content (AvgIpc) is 2.73. The molecular weight excluding hydrogens is 160 g/mol. The Morgan fingerprint density at radius 2 is 2.00 bits per heavy atom. The maximum Gasteiger partial charge on any atom is 0.0707 e. The number of hydrogen-bond donors (Lipinski definition) is 0. The van der Waals surface area contributed by atoms with Gasteiger partial charge in [0.15, 0.2) is 0 Å². The summed E-state index contributed by atoms with van der Waals surface area (Å²) in [5, 5.41) is 4.66. The maximum absolute atomic E-state index is 4.66. The van der Waals surface area contributed by atoms with Gasteiger partial charge in [0.05, 0.1) is 11.7 Å². The van der Waals surface area contributed by atoms with Gasteiger partial charge in [-0.2, -0.15) is 5.10 Å². The molecule has 0 unspecified atom stereocenters. The van der Waals surface area contributed by atoms with Gasteiger partial charge in [0.1, 0.15) is 0 Å². The number of rotatable bonds is 1. The van der Waals surface area contributed by atoms with Gasteiger partial charge >= 0.3 is 0 Å². The molecule has 2 heteroatoms. The standard InChI is InChI=1S/C11H18N2/c1-8-7-13(9-5-6-9)12-10(8)11(2,3)4/h7,9H,5-6H2,1-4H3. The largest absolute Gasteiger partial charge is 0.269 e. The summed E-state index contributed by atoms with van der Waals surface area (Å²) in [6.07, 6.45) is 4.81. The molecule has 1 aromatic heterocycles. The first-order valence-corrected chi connectivity index (χ1v) is 5.05. The first kappa shape index (κ1) is 8.79. The van der Waals surface area contributed by atoms with Crippen LogP contribution in [0, 0.1) is 6.92 Å². The number of aromatic nitrogens is 2. The van der Waals surface area contributed by atoms with Crippen LogP contribution in [0.5, 0.6) is 0 Å². The zero-order valence-corrected chi connectivity index (χ0v) is 8.96. The molecule has 1 saturated carbocycles. The maximum atomic E-state index is 4.66. The van der Waals surface area contributed by atoms with Crippen LogP contribution in [0.2, 0.25) is 0 Å². The van der Waals surface area contributed by atoms with Crippen molar-refractivity contribution < 1.29 is 0 Å². The highest BCUT2D eigenvalue weighted by molar-refractivity contribution is 5.22. The average molecular weight is 178 g/mol. The second kappa shape index (κ2) is 2.60. The van der Waals surface area contributed by atoms with Gasteiger partial charge in [-0.25, -0.2) is 0 Å². The van der Waals surface area contributed by atoms with E-state index in [-0.39, 0.29) is 5.41 Å². The van der Waals surface area contributed by atoms with Crippen LogP contribution in [0.15, 0.2) is 6.20 Å². The lowest BCUT2D eigenvalue weighted by Gasteiger charge is -2.16. The lowest BCUT2D eigenvalue weighted by molar-refractivity contribution is 0.535. The molecule has 1 aliphatic rings. The fraction of sp³-hybridized carbons (Fsp3) is 0.727. The van der Waals surface area contributed by atoms with Gasteiger partial charge in [-0.3, -0.25) is 4.68 Å². The van der Waals surface area contributed by atoms with Crippen molar-refractivity contribution >= 4 is 0 Å². The van der Waals surface area contributed by atoms with Crippen LogP contribution in [0.25, 0.3) is 0 Å². The van der Waals surface area contributed by atoms with Crippen molar-refractivity contribution in [1.82, 2.24) is 9.78 Å². The van der Waals surface area contributed by atoms with Gasteiger partial charge in [-0.1, -0.05) is 20.8 Å². The van der Waals surface area contributed by atoms with E-state index in [1.54, 1.807) is 0 Å². The monoisotopic (exact) mass is 178 g/mol. The Hall–Kier alpha value is -0.790. The molecule has 1 aliphatic carbocycles. The minimum Gasteiger partial charge on any atom is -0.269 e. The number of aryl methyl sites for hydroxylation is 1. The molecule has 13 heavy (non-hydrogen) atoms. The van der Waals surface area contributed by atoms with Crippen LogP contribution in [-0.4, -0.2) is 9.78 Å². The van der Waals surface area contributed by atoms with Crippen LogP contribution in [0.1, 0.15) is 50.9 Å². The summed E-state index contributed by atoms with van der Waals surface area (Å²) in [5.41, 5.74) is 2.77. The lowest BCUT2D eigenvalue weighted by atomic mass is 9.90. The smallest absolute Gasteiger partial charge is 0.0707 e. The minimum absolute atomic E-state index is 0.185. The molecule has 1 aromatic rings. The molecule has 1 fully saturated rings. The predicted molar refractivity (Wildman–Crippen MR) is 53.9 cm³/mol. The predicted octanol–water partition coefficient (Wildman–Crippen LogP) is 2.82. The topological polar surface area (TPSA) is 17.8 Å². The normalized spacial score (nSPS) is 17.8. The van der Waals surface area contributed by atoms with E-state index >= 15 is 0 Å². The van der Waals surface area contributed by atoms with Crippen molar-refractivity contribution in [3.05, 3.63) is 17.5 Å². The summed E-state index contributed by atoms with van der Waals surface area (Å²) in [6, 6.07) is 0.704. The number of hydrogen-bond acceptors (Lipinski definition) is 1. The molecule has 2 nitrogen and oxygen atoms in total. The van der Waals surface area contributed by atoms with Crippen molar-refractivity contribution in [2.45, 2.75) is 52.0 Å². The van der Waals surface area contributed by atoms with Crippen molar-refractivity contribution in [3.8, 4) is 0 Å². The molecule has 2 rings (SSSR count). The molecule has 0 amide bonds. The summed E-state index contributed by atoms with van der Waals surface area (Å²) in [4.78, 5) is 0. The fourth-order valence-electron chi connectivity index (χ4n) is 1.75. The summed E-state index contributed by atoms with van der Waals surface area (Å²) in [7, 11) is 0. The highest BCUT2D eigenvalue weighted by Gasteiger charge is 2.27. The highest BCUT2D eigenvalue weighted by atomic mass is 15.3. The van der Waals surface area contributed by atoms with E-state index in [1.165, 1.54) is 24.1 Å². The SMILES string of the molecule is Cc1cn(C2CC2)nc1C(C)(C)C. The summed E-state index contributed by atoms with van der Waals surface area (Å²) in [5.74, 6) is 0. The Labute approximate surface area is 80.0 Å². The molecule has 0 aromatic carbocycles. The van der Waals surface area contributed by atoms with E-state index in [9.17, 15) is 0 Å². The Balaban J connectivity index is 2.35. The first-order valence-electron chi connectivity index (χ1n) is 5.05. The molecular formula is C11H18N2. The van der Waals surface area contributed by atoms with Gasteiger partial charge in [-0.05, 0) is 25.3 Å². The molecule has 1 heterocycles. The van der Waals surface area contributed by atoms with Crippen LogP contribution >= 0.6 is 0 Å². The van der Waals surface area contributed by atoms with Gasteiger partial charge in [-0.15, -0.1) is 0 Å². The molecule has 0 atom stereocenters. The van der Waals surface area contributed by atoms with Gasteiger partial charge in [0.2, 0.25) is 0 Å². The Morgan fingerprint density at radius 3 is 2.38 bits per heavy atom. The summed E-state index contributed by atoms with van der Waals surface area (Å²) < 4.78 is 2.15. The highest BCUT2D eigenvalue weighted by Crippen LogP contribution is 2.35. The molecule has 0 aliphatic heterocycles. The Morgan fingerprint density at radius 1 is 1.38 bits per heavy atom. The summed E-state index contributed by atoms with van der Waals surface area (Å²) >= 11 is 0. The van der Waals surface area contributed by atoms with Crippen LogP contribution in [0.4, 0.5) is 0 Å². The van der Waals surface area contributed by atoms with Crippen molar-refractivity contribution in [2.75, 3.05) is 0 Å².